The summed E-state index contributed by atoms with van der Waals surface area (Å²) in [6, 6.07) is 17.1. The van der Waals surface area contributed by atoms with Crippen LogP contribution in [0.3, 0.4) is 0 Å². The van der Waals surface area contributed by atoms with Gasteiger partial charge in [-0.2, -0.15) is 11.0 Å². The number of nitrogens with zero attached hydrogens (tertiary/aromatic N) is 9. The van der Waals surface area contributed by atoms with Crippen LogP contribution in [0.2, 0.25) is 20.6 Å². The molecule has 0 atom stereocenters. The molecule has 0 unspecified atom stereocenters. The van der Waals surface area contributed by atoms with Crippen molar-refractivity contribution in [3.63, 3.8) is 0 Å². The number of thioether (sulfide) groups is 2. The Morgan fingerprint density at radius 2 is 0.906 bits per heavy atom. The van der Waals surface area contributed by atoms with Crippen LogP contribution in [0.4, 0.5) is 5.69 Å². The number of non-ortho nitro benzene ring substituents is 1. The summed E-state index contributed by atoms with van der Waals surface area (Å²) < 4.78 is 0. The quantitative estimate of drug-likeness (QED) is 0.0391. The fourth-order valence-electron chi connectivity index (χ4n) is 5.90. The number of rotatable bonds is 6. The number of benzene rings is 1. The summed E-state index contributed by atoms with van der Waals surface area (Å²) in [6.45, 7) is 0. The van der Waals surface area contributed by atoms with Gasteiger partial charge in [0.2, 0.25) is 0 Å². The molecule has 0 amide bonds. The van der Waals surface area contributed by atoms with Crippen molar-refractivity contribution in [1.82, 2.24) is 39.9 Å². The van der Waals surface area contributed by atoms with Gasteiger partial charge in [0.25, 0.3) is 5.69 Å². The van der Waals surface area contributed by atoms with Gasteiger partial charge in [-0.05, 0) is 59.1 Å². The van der Waals surface area contributed by atoms with Crippen LogP contribution in [0.5, 0.6) is 0 Å². The van der Waals surface area contributed by atoms with Crippen LogP contribution in [0.25, 0.3) is 78.6 Å². The molecule has 0 saturated heterocycles. The van der Waals surface area contributed by atoms with Gasteiger partial charge in [0, 0.05) is 29.2 Å². The van der Waals surface area contributed by atoms with Crippen molar-refractivity contribution in [2.75, 3.05) is 12.5 Å². The summed E-state index contributed by atoms with van der Waals surface area (Å²) in [7, 11) is 0. The normalized spacial score (nSPS) is 11.7. The summed E-state index contributed by atoms with van der Waals surface area (Å²) in [6.07, 6.45) is 7.29. The maximum Gasteiger partial charge on any atom is 0.269 e. The van der Waals surface area contributed by atoms with Crippen LogP contribution in [0.1, 0.15) is 11.4 Å². The molecule has 1 aliphatic heterocycles. The van der Waals surface area contributed by atoms with Gasteiger partial charge in [0.1, 0.15) is 20.6 Å². The number of nitro benzene ring substituents is 1. The van der Waals surface area contributed by atoms with Crippen LogP contribution < -0.4 is 15.0 Å². The van der Waals surface area contributed by atoms with E-state index in [-0.39, 0.29) is 43.4 Å². The first-order chi connectivity index (χ1) is 25.1. The van der Waals surface area contributed by atoms with E-state index in [2.05, 4.69) is 19.9 Å². The van der Waals surface area contributed by atoms with Crippen LogP contribution >= 0.6 is 69.9 Å². The molecule has 0 spiro atoms. The molecular weight excluding hydrogens is 848 g/mol. The molecule has 0 saturated carbocycles. The smallest absolute Gasteiger partial charge is 0.269 e. The van der Waals surface area contributed by atoms with Gasteiger partial charge in [-0.3, -0.25) is 10.1 Å². The van der Waals surface area contributed by atoms with Crippen molar-refractivity contribution in [1.29, 1.82) is 0 Å². The minimum atomic E-state index is -0.455. The van der Waals surface area contributed by atoms with Crippen LogP contribution in [-0.2, 0) is 17.1 Å². The molecule has 8 rings (SSSR count). The maximum atomic E-state index is 11.6. The predicted octanol–water partition coefficient (Wildman–Crippen LogP) is 10.1. The number of halogens is 4. The summed E-state index contributed by atoms with van der Waals surface area (Å²) in [5, 5.41) is 12.9. The van der Waals surface area contributed by atoms with Crippen LogP contribution in [0, 0.1) is 10.1 Å². The SMILES string of the molecule is CSc1nc(Cl)c(-c2c3nc(c(-c4ccc([N+](=O)[O-])cc4)c4ccc([n-]4)c(-c4c(Cl)nc(SC)nc4Cl)c4ccc([n-]4)c4ccc2[n-]4)C=C3)c(Cl)n1.[Cu]. The van der Waals surface area contributed by atoms with Gasteiger partial charge in [0.05, 0.1) is 27.4 Å². The van der Waals surface area contributed by atoms with Crippen molar-refractivity contribution in [2.45, 2.75) is 10.3 Å². The predicted molar refractivity (Wildman–Crippen MR) is 210 cm³/mol. The molecule has 18 heteroatoms. The number of nitro groups is 1. The van der Waals surface area contributed by atoms with E-state index in [0.29, 0.717) is 88.2 Å². The molecule has 7 heterocycles. The molecule has 0 N–H and O–H groups in total. The van der Waals surface area contributed by atoms with Gasteiger partial charge in [0.15, 0.2) is 10.3 Å². The second kappa shape index (κ2) is 15.0. The van der Waals surface area contributed by atoms with E-state index >= 15 is 0 Å². The average molecular weight is 866 g/mol. The zero-order valence-electron chi connectivity index (χ0n) is 26.9. The maximum absolute atomic E-state index is 11.6. The molecular formula is C35H18Cl4CuN9O2S2-3. The number of hydrogen-bond acceptors (Lipinski definition) is 9. The summed E-state index contributed by atoms with van der Waals surface area (Å²) >= 11 is 29.8. The third kappa shape index (κ3) is 6.79. The average Bonchev–Trinajstić information content (AvgIpc) is 3.96. The second-order valence-corrected chi connectivity index (χ2v) is 14.1. The van der Waals surface area contributed by atoms with Gasteiger partial charge in [-0.1, -0.05) is 106 Å². The zero-order valence-corrected chi connectivity index (χ0v) is 32.5. The Morgan fingerprint density at radius 3 is 1.36 bits per heavy atom. The molecule has 11 nitrogen and oxygen atoms in total. The Morgan fingerprint density at radius 1 is 0.528 bits per heavy atom. The van der Waals surface area contributed by atoms with Crippen molar-refractivity contribution in [2.24, 2.45) is 0 Å². The molecule has 8 bridgehead atoms. The Bertz CT molecular complexity index is 2720. The first-order valence-electron chi connectivity index (χ1n) is 15.1. The van der Waals surface area contributed by atoms with Crippen molar-refractivity contribution < 1.29 is 22.0 Å². The van der Waals surface area contributed by atoms with Crippen LogP contribution in [-0.4, -0.2) is 42.4 Å². The number of hydrogen-bond donors (Lipinski definition) is 0. The Balaban J connectivity index is 0.00000435. The van der Waals surface area contributed by atoms with Crippen molar-refractivity contribution in [3.8, 4) is 33.4 Å². The monoisotopic (exact) mass is 863 g/mol. The molecule has 53 heavy (non-hydrogen) atoms. The Labute approximate surface area is 339 Å². The molecule has 1 radical (unpaired) electrons. The van der Waals surface area contributed by atoms with E-state index in [0.717, 1.165) is 0 Å². The van der Waals surface area contributed by atoms with E-state index in [1.54, 1.807) is 12.1 Å². The largest absolute Gasteiger partial charge is 0.658 e. The topological polar surface area (TPSA) is 150 Å². The van der Waals surface area contributed by atoms with E-state index < -0.39 is 4.92 Å². The minimum absolute atomic E-state index is 0. The van der Waals surface area contributed by atoms with Gasteiger partial charge in [-0.15, -0.1) is 22.1 Å². The summed E-state index contributed by atoms with van der Waals surface area (Å²) in [4.78, 5) is 49.0. The second-order valence-electron chi connectivity index (χ2n) is 11.1. The van der Waals surface area contributed by atoms with Gasteiger partial charge < -0.3 is 15.0 Å². The summed E-state index contributed by atoms with van der Waals surface area (Å²) in [5.74, 6) is 0. The standard InChI is InChI=1S/C35H18Cl4N9O2S2.Cu/c1-51-34-44-30(36)28(31(37)45-34)26-21-9-7-17(40-21)18-8-10-22(41-18)27(29-32(38)46-35(52-2)47-33(29)39)24-14-12-20(43-24)25(19-11-13-23(26)42-19)15-3-5-16(6-4-15)48(49)50;/h3-14H,1-2H3;/q-3;. The minimum Gasteiger partial charge on any atom is -0.658 e. The van der Waals surface area contributed by atoms with E-state index in [9.17, 15) is 10.1 Å². The first-order valence-corrected chi connectivity index (χ1v) is 19.1. The molecule has 269 valence electrons. The zero-order chi connectivity index (χ0) is 36.3. The molecule has 1 aromatic carbocycles. The van der Waals surface area contributed by atoms with Crippen LogP contribution in [0.15, 0.2) is 71.0 Å². The number of aromatic nitrogens is 8. The van der Waals surface area contributed by atoms with Gasteiger partial charge in [-0.25, -0.2) is 24.9 Å². The van der Waals surface area contributed by atoms with Crippen molar-refractivity contribution in [3.05, 3.63) is 103 Å². The third-order valence-corrected chi connectivity index (χ3v) is 10.4. The molecule has 1 aliphatic rings. The molecule has 7 aromatic rings. The number of fused-ring (bicyclic) bond motifs is 9. The van der Waals surface area contributed by atoms with E-state index in [1.165, 1.54) is 35.7 Å². The molecule has 0 aliphatic carbocycles. The Hall–Kier alpha value is -4.11. The fourth-order valence-corrected chi connectivity index (χ4v) is 7.98. The molecule has 0 fully saturated rings. The molecule has 6 aromatic heterocycles. The van der Waals surface area contributed by atoms with E-state index in [1.807, 2.05) is 61.1 Å². The summed E-state index contributed by atoms with van der Waals surface area (Å²) in [5.41, 5.74) is 6.99. The Kier molecular flexibility index (Phi) is 10.5. The van der Waals surface area contributed by atoms with Crippen molar-refractivity contribution >= 4 is 121 Å². The fraction of sp³-hybridized carbons (Fsp3) is 0.0571. The van der Waals surface area contributed by atoms with Gasteiger partial charge >= 0.3 is 0 Å². The van der Waals surface area contributed by atoms with E-state index in [4.69, 9.17) is 66.3 Å². The third-order valence-electron chi connectivity index (χ3n) is 8.19. The first kappa shape index (κ1) is 37.2.